The Balaban J connectivity index is 1.37. The van der Waals surface area contributed by atoms with E-state index in [0.29, 0.717) is 17.9 Å². The van der Waals surface area contributed by atoms with Crippen molar-refractivity contribution in [1.82, 2.24) is 4.98 Å². The van der Waals surface area contributed by atoms with Crippen LogP contribution < -0.4 is 20.4 Å². The van der Waals surface area contributed by atoms with Gasteiger partial charge in [-0.25, -0.2) is 4.79 Å². The molecule has 0 saturated heterocycles. The number of aryl methyl sites for hydroxylation is 2. The summed E-state index contributed by atoms with van der Waals surface area (Å²) in [7, 11) is 1.69. The maximum Gasteiger partial charge on any atom is 0.416 e. The number of halogens is 3. The monoisotopic (exact) mass is 545 g/mol. The zero-order valence-corrected chi connectivity index (χ0v) is 22.0. The van der Waals surface area contributed by atoms with Crippen LogP contribution in [0, 0.1) is 13.8 Å². The molecule has 0 atom stereocenters. The van der Waals surface area contributed by atoms with E-state index < -0.39 is 17.6 Å². The molecule has 1 aliphatic rings. The second-order valence-corrected chi connectivity index (χ2v) is 9.62. The molecule has 1 aromatic heterocycles. The Morgan fingerprint density at radius 1 is 0.900 bits per heavy atom. The third-order valence-corrected chi connectivity index (χ3v) is 6.70. The molecule has 0 aliphatic carbocycles. The third-order valence-electron chi connectivity index (χ3n) is 6.70. The Morgan fingerprint density at radius 2 is 1.62 bits per heavy atom. The molecular formula is C30H26F3N5O2. The number of benzene rings is 3. The van der Waals surface area contributed by atoms with Gasteiger partial charge in [0.2, 0.25) is 0 Å². The lowest BCUT2D eigenvalue weighted by atomic mass is 10.1. The van der Waals surface area contributed by atoms with Gasteiger partial charge in [0.15, 0.2) is 0 Å². The average molecular weight is 546 g/mol. The fourth-order valence-electron chi connectivity index (χ4n) is 4.52. The van der Waals surface area contributed by atoms with E-state index in [-0.39, 0.29) is 11.6 Å². The molecular weight excluding hydrogens is 519 g/mol. The van der Waals surface area contributed by atoms with Crippen molar-refractivity contribution in [3.05, 3.63) is 107 Å². The maximum atomic E-state index is 13.5. The van der Waals surface area contributed by atoms with Crippen molar-refractivity contribution in [2.75, 3.05) is 27.5 Å². The fraction of sp³-hybridized carbons (Fsp3) is 0.167. The highest BCUT2D eigenvalue weighted by molar-refractivity contribution is 6.08. The fourth-order valence-corrected chi connectivity index (χ4v) is 4.52. The maximum absolute atomic E-state index is 13.5. The van der Waals surface area contributed by atoms with Gasteiger partial charge < -0.3 is 10.6 Å². The first-order valence-electron chi connectivity index (χ1n) is 12.5. The number of rotatable bonds is 5. The van der Waals surface area contributed by atoms with E-state index in [1.54, 1.807) is 41.2 Å². The van der Waals surface area contributed by atoms with Gasteiger partial charge in [0.25, 0.3) is 5.91 Å². The predicted molar refractivity (Wildman–Crippen MR) is 149 cm³/mol. The molecule has 0 bridgehead atoms. The summed E-state index contributed by atoms with van der Waals surface area (Å²) in [5.41, 5.74) is 4.95. The van der Waals surface area contributed by atoms with Crippen LogP contribution in [-0.4, -0.2) is 24.0 Å². The van der Waals surface area contributed by atoms with Crippen LogP contribution in [0.5, 0.6) is 0 Å². The van der Waals surface area contributed by atoms with Gasteiger partial charge in [-0.2, -0.15) is 13.2 Å². The molecule has 0 unspecified atom stereocenters. The SMILES string of the molecule is Cc1ccc(Nc2ccc3c(c2)N(C)C(=O)N(c2cc(NC(=O)c4cccc(C(F)(F)F)c4)ccc2C)C3)cn1. The van der Waals surface area contributed by atoms with Crippen LogP contribution in [0.2, 0.25) is 0 Å². The van der Waals surface area contributed by atoms with E-state index >= 15 is 0 Å². The molecule has 4 aromatic rings. The molecule has 3 aromatic carbocycles. The zero-order valence-electron chi connectivity index (χ0n) is 22.0. The minimum absolute atomic E-state index is 0.120. The normalized spacial score (nSPS) is 13.2. The van der Waals surface area contributed by atoms with Crippen molar-refractivity contribution < 1.29 is 22.8 Å². The number of fused-ring (bicyclic) bond motifs is 1. The molecule has 5 rings (SSSR count). The van der Waals surface area contributed by atoms with Crippen molar-refractivity contribution in [1.29, 1.82) is 0 Å². The van der Waals surface area contributed by atoms with Gasteiger partial charge in [-0.1, -0.05) is 18.2 Å². The summed E-state index contributed by atoms with van der Waals surface area (Å²) in [6.45, 7) is 4.06. The molecule has 1 aliphatic heterocycles. The summed E-state index contributed by atoms with van der Waals surface area (Å²) in [5, 5.41) is 5.95. The number of nitrogens with zero attached hydrogens (tertiary/aromatic N) is 3. The molecule has 0 saturated carbocycles. The molecule has 204 valence electrons. The number of anilines is 5. The average Bonchev–Trinajstić information content (AvgIpc) is 2.93. The van der Waals surface area contributed by atoms with Gasteiger partial charge in [-0.15, -0.1) is 0 Å². The number of amides is 3. The van der Waals surface area contributed by atoms with E-state index in [1.165, 1.54) is 12.1 Å². The Kier molecular flexibility index (Phi) is 6.93. The summed E-state index contributed by atoms with van der Waals surface area (Å²) in [4.78, 5) is 33.7. The highest BCUT2D eigenvalue weighted by atomic mass is 19.4. The van der Waals surface area contributed by atoms with Gasteiger partial charge in [0.05, 0.1) is 35.4 Å². The molecule has 10 heteroatoms. The number of hydrogen-bond donors (Lipinski definition) is 2. The van der Waals surface area contributed by atoms with Gasteiger partial charge in [0, 0.05) is 29.7 Å². The quantitative estimate of drug-likeness (QED) is 0.276. The lowest BCUT2D eigenvalue weighted by molar-refractivity contribution is -0.137. The predicted octanol–water partition coefficient (Wildman–Crippen LogP) is 7.29. The van der Waals surface area contributed by atoms with E-state index in [4.69, 9.17) is 0 Å². The van der Waals surface area contributed by atoms with Crippen LogP contribution >= 0.6 is 0 Å². The summed E-state index contributed by atoms with van der Waals surface area (Å²) in [6.07, 6.45) is -2.81. The van der Waals surface area contributed by atoms with E-state index in [1.807, 2.05) is 44.2 Å². The number of pyridine rings is 1. The van der Waals surface area contributed by atoms with Gasteiger partial charge in [-0.3, -0.25) is 19.6 Å². The number of alkyl halides is 3. The summed E-state index contributed by atoms with van der Waals surface area (Å²) < 4.78 is 39.3. The minimum Gasteiger partial charge on any atom is -0.354 e. The van der Waals surface area contributed by atoms with Crippen LogP contribution in [0.15, 0.2) is 79.0 Å². The number of carbonyl (C=O) groups is 2. The summed E-state index contributed by atoms with van der Waals surface area (Å²) in [5.74, 6) is -0.683. The van der Waals surface area contributed by atoms with Crippen molar-refractivity contribution in [2.45, 2.75) is 26.6 Å². The molecule has 40 heavy (non-hydrogen) atoms. The first kappa shape index (κ1) is 26.7. The summed E-state index contributed by atoms with van der Waals surface area (Å²) in [6, 6.07) is 18.6. The van der Waals surface area contributed by atoms with Crippen LogP contribution in [0.25, 0.3) is 0 Å². The minimum atomic E-state index is -4.56. The Labute approximate surface area is 229 Å². The van der Waals surface area contributed by atoms with Crippen LogP contribution in [0.1, 0.15) is 32.7 Å². The second-order valence-electron chi connectivity index (χ2n) is 9.62. The summed E-state index contributed by atoms with van der Waals surface area (Å²) >= 11 is 0. The Morgan fingerprint density at radius 3 is 2.35 bits per heavy atom. The zero-order chi connectivity index (χ0) is 28.6. The molecule has 3 amide bonds. The smallest absolute Gasteiger partial charge is 0.354 e. The molecule has 0 spiro atoms. The van der Waals surface area contributed by atoms with Crippen molar-refractivity contribution in [3.8, 4) is 0 Å². The van der Waals surface area contributed by atoms with Crippen molar-refractivity contribution >= 4 is 40.4 Å². The molecule has 7 nitrogen and oxygen atoms in total. The standard InChI is InChI=1S/C30H26F3N5O2/c1-18-7-10-24(36-28(39)20-5-4-6-22(13-20)30(31,32)33)14-26(18)38-17-21-9-12-23(15-27(21)37(3)29(38)40)35-25-11-8-19(2)34-16-25/h4-16,35H,17H2,1-3H3,(H,36,39). The Bertz CT molecular complexity index is 1600. The molecule has 0 radical (unpaired) electrons. The van der Waals surface area contributed by atoms with Crippen LogP contribution in [0.4, 0.5) is 46.4 Å². The van der Waals surface area contributed by atoms with Gasteiger partial charge in [0.1, 0.15) is 0 Å². The van der Waals surface area contributed by atoms with Crippen LogP contribution in [-0.2, 0) is 12.7 Å². The van der Waals surface area contributed by atoms with E-state index in [9.17, 15) is 22.8 Å². The largest absolute Gasteiger partial charge is 0.416 e. The highest BCUT2D eigenvalue weighted by Crippen LogP contribution is 2.36. The highest BCUT2D eigenvalue weighted by Gasteiger charge is 2.32. The number of carbonyl (C=O) groups excluding carboxylic acids is 2. The van der Waals surface area contributed by atoms with Crippen LogP contribution in [0.3, 0.4) is 0 Å². The number of urea groups is 1. The van der Waals surface area contributed by atoms with Crippen molar-refractivity contribution in [2.24, 2.45) is 0 Å². The van der Waals surface area contributed by atoms with Gasteiger partial charge in [-0.05, 0) is 79.6 Å². The van der Waals surface area contributed by atoms with Gasteiger partial charge >= 0.3 is 12.2 Å². The van der Waals surface area contributed by atoms with Crippen molar-refractivity contribution in [3.63, 3.8) is 0 Å². The third kappa shape index (κ3) is 5.47. The first-order valence-corrected chi connectivity index (χ1v) is 12.5. The molecule has 2 N–H and O–H groups in total. The number of nitrogens with one attached hydrogen (secondary N) is 2. The number of aromatic nitrogens is 1. The lowest BCUT2D eigenvalue weighted by Gasteiger charge is -2.36. The van der Waals surface area contributed by atoms with E-state index in [0.717, 1.165) is 46.0 Å². The second kappa shape index (κ2) is 10.4. The van der Waals surface area contributed by atoms with E-state index in [2.05, 4.69) is 15.6 Å². The lowest BCUT2D eigenvalue weighted by Crippen LogP contribution is -2.45. The number of hydrogen-bond acceptors (Lipinski definition) is 4. The molecule has 2 heterocycles. The topological polar surface area (TPSA) is 77.6 Å². The Hall–Kier alpha value is -4.86. The molecule has 0 fully saturated rings. The first-order chi connectivity index (χ1) is 19.0.